The van der Waals surface area contributed by atoms with E-state index in [9.17, 15) is 14.4 Å². The molecule has 2 heterocycles. The van der Waals surface area contributed by atoms with E-state index in [1.165, 1.54) is 22.1 Å². The van der Waals surface area contributed by atoms with Crippen LogP contribution in [-0.2, 0) is 22.6 Å². The van der Waals surface area contributed by atoms with Crippen LogP contribution >= 0.6 is 11.3 Å². The first-order valence-corrected chi connectivity index (χ1v) is 9.70. The Bertz CT molecular complexity index is 1010. The van der Waals surface area contributed by atoms with Crippen molar-refractivity contribution >= 4 is 33.9 Å². The standard InChI is InChI=1S/C18H26N4O5S/c1-7-21-14(23)13-11(2)12(10-19-20-16(24)27-18(3,4)5)28-15(13)22(17(21)25)8-9-26-6/h10H,7-9H2,1-6H3,(H,20,24). The molecule has 0 unspecified atom stereocenters. The van der Waals surface area contributed by atoms with Crippen molar-refractivity contribution in [2.75, 3.05) is 13.7 Å². The zero-order valence-electron chi connectivity index (χ0n) is 17.0. The molecule has 0 aliphatic heterocycles. The highest BCUT2D eigenvalue weighted by Crippen LogP contribution is 2.26. The van der Waals surface area contributed by atoms with E-state index in [0.717, 1.165) is 0 Å². The number of aromatic nitrogens is 2. The third-order valence-corrected chi connectivity index (χ3v) is 5.15. The molecule has 10 heteroatoms. The summed E-state index contributed by atoms with van der Waals surface area (Å²) in [6.45, 7) is 9.76. The fraction of sp³-hybridized carbons (Fsp3) is 0.556. The molecule has 2 rings (SSSR count). The maximum absolute atomic E-state index is 12.8. The average Bonchev–Trinajstić information content (AvgIpc) is 2.90. The van der Waals surface area contributed by atoms with Gasteiger partial charge >= 0.3 is 11.8 Å². The normalized spacial score (nSPS) is 12.1. The van der Waals surface area contributed by atoms with E-state index in [2.05, 4.69) is 10.5 Å². The second-order valence-electron chi connectivity index (χ2n) is 7.12. The third-order valence-electron chi connectivity index (χ3n) is 3.90. The first kappa shape index (κ1) is 21.8. The van der Waals surface area contributed by atoms with Gasteiger partial charge in [-0.05, 0) is 40.2 Å². The Morgan fingerprint density at radius 2 is 1.96 bits per heavy atom. The van der Waals surface area contributed by atoms with Gasteiger partial charge in [0.05, 0.1) is 29.6 Å². The number of fused-ring (bicyclic) bond motifs is 1. The van der Waals surface area contributed by atoms with Crippen LogP contribution in [0.25, 0.3) is 10.2 Å². The monoisotopic (exact) mass is 410 g/mol. The summed E-state index contributed by atoms with van der Waals surface area (Å²) in [5, 5.41) is 4.38. The molecule has 0 aliphatic carbocycles. The molecule has 1 amide bonds. The molecule has 154 valence electrons. The average molecular weight is 410 g/mol. The Balaban J connectivity index is 2.47. The van der Waals surface area contributed by atoms with Gasteiger partial charge in [-0.2, -0.15) is 5.10 Å². The third kappa shape index (κ3) is 4.68. The Morgan fingerprint density at radius 3 is 2.54 bits per heavy atom. The molecule has 0 aromatic carbocycles. The van der Waals surface area contributed by atoms with E-state index in [4.69, 9.17) is 9.47 Å². The van der Waals surface area contributed by atoms with Crippen LogP contribution in [0.3, 0.4) is 0 Å². The van der Waals surface area contributed by atoms with Crippen LogP contribution in [0.2, 0.25) is 0 Å². The summed E-state index contributed by atoms with van der Waals surface area (Å²) < 4.78 is 13.0. The molecule has 0 bridgehead atoms. The number of rotatable bonds is 6. The molecule has 0 fully saturated rings. The maximum atomic E-state index is 12.8. The van der Waals surface area contributed by atoms with Crippen LogP contribution < -0.4 is 16.7 Å². The lowest BCUT2D eigenvalue weighted by atomic mass is 10.2. The van der Waals surface area contributed by atoms with Gasteiger partial charge in [0.1, 0.15) is 10.4 Å². The lowest BCUT2D eigenvalue weighted by Crippen LogP contribution is -2.39. The van der Waals surface area contributed by atoms with Crippen molar-refractivity contribution in [3.63, 3.8) is 0 Å². The molecule has 9 nitrogen and oxygen atoms in total. The van der Waals surface area contributed by atoms with E-state index in [1.54, 1.807) is 46.3 Å². The van der Waals surface area contributed by atoms with Crippen molar-refractivity contribution in [3.8, 4) is 0 Å². The molecule has 0 saturated heterocycles. The lowest BCUT2D eigenvalue weighted by Gasteiger charge is -2.18. The van der Waals surface area contributed by atoms with Crippen molar-refractivity contribution < 1.29 is 14.3 Å². The first-order valence-electron chi connectivity index (χ1n) is 8.88. The van der Waals surface area contributed by atoms with Gasteiger partial charge < -0.3 is 9.47 Å². The summed E-state index contributed by atoms with van der Waals surface area (Å²) in [4.78, 5) is 38.4. The number of ether oxygens (including phenoxy) is 2. The summed E-state index contributed by atoms with van der Waals surface area (Å²) in [7, 11) is 1.55. The largest absolute Gasteiger partial charge is 0.443 e. The van der Waals surface area contributed by atoms with Crippen molar-refractivity contribution in [2.24, 2.45) is 5.10 Å². The Labute approximate surface area is 166 Å². The molecule has 2 aromatic heterocycles. The molecule has 0 aliphatic rings. The van der Waals surface area contributed by atoms with Gasteiger partial charge in [0.15, 0.2) is 0 Å². The quantitative estimate of drug-likeness (QED) is 0.580. The van der Waals surface area contributed by atoms with E-state index in [-0.39, 0.29) is 17.8 Å². The van der Waals surface area contributed by atoms with Crippen LogP contribution in [0.5, 0.6) is 0 Å². The number of methoxy groups -OCH3 is 1. The van der Waals surface area contributed by atoms with Crippen molar-refractivity contribution in [1.82, 2.24) is 14.6 Å². The topological polar surface area (TPSA) is 104 Å². The van der Waals surface area contributed by atoms with Gasteiger partial charge in [0.2, 0.25) is 0 Å². The number of hydrogen-bond donors (Lipinski definition) is 1. The predicted molar refractivity (Wildman–Crippen MR) is 110 cm³/mol. The number of hydrogen-bond acceptors (Lipinski definition) is 7. The highest BCUT2D eigenvalue weighted by Gasteiger charge is 2.19. The van der Waals surface area contributed by atoms with Crippen LogP contribution in [0.1, 0.15) is 38.1 Å². The first-order chi connectivity index (χ1) is 13.1. The molecule has 1 N–H and O–H groups in total. The Morgan fingerprint density at radius 1 is 1.29 bits per heavy atom. The number of aryl methyl sites for hydroxylation is 1. The SMILES string of the molecule is CCn1c(=O)c2c(C)c(C=NNC(=O)OC(C)(C)C)sc2n(CCOC)c1=O. The van der Waals surface area contributed by atoms with Gasteiger partial charge in [-0.25, -0.2) is 15.0 Å². The fourth-order valence-electron chi connectivity index (χ4n) is 2.64. The highest BCUT2D eigenvalue weighted by atomic mass is 32.1. The maximum Gasteiger partial charge on any atom is 0.428 e. The number of carbonyl (C=O) groups is 1. The molecule has 0 radical (unpaired) electrons. The van der Waals surface area contributed by atoms with Crippen molar-refractivity contribution in [1.29, 1.82) is 0 Å². The van der Waals surface area contributed by atoms with Gasteiger partial charge in [-0.1, -0.05) is 0 Å². The van der Waals surface area contributed by atoms with Gasteiger partial charge in [0, 0.05) is 13.7 Å². The van der Waals surface area contributed by atoms with E-state index in [0.29, 0.717) is 33.8 Å². The summed E-state index contributed by atoms with van der Waals surface area (Å²) in [5.41, 5.74) is 1.68. The van der Waals surface area contributed by atoms with Crippen molar-refractivity contribution in [2.45, 2.75) is 53.3 Å². The van der Waals surface area contributed by atoms with Crippen molar-refractivity contribution in [3.05, 3.63) is 31.3 Å². The number of amides is 1. The second kappa shape index (κ2) is 8.70. The molecule has 0 spiro atoms. The zero-order valence-corrected chi connectivity index (χ0v) is 17.8. The van der Waals surface area contributed by atoms with Gasteiger partial charge in [0.25, 0.3) is 5.56 Å². The Hall–Kier alpha value is -2.46. The van der Waals surface area contributed by atoms with Crippen LogP contribution in [0.4, 0.5) is 4.79 Å². The zero-order chi connectivity index (χ0) is 21.1. The lowest BCUT2D eigenvalue weighted by molar-refractivity contribution is 0.0529. The summed E-state index contributed by atoms with van der Waals surface area (Å²) in [6, 6.07) is 0. The van der Waals surface area contributed by atoms with E-state index < -0.39 is 11.7 Å². The minimum atomic E-state index is -0.673. The molecular weight excluding hydrogens is 384 g/mol. The number of hydrazone groups is 1. The van der Waals surface area contributed by atoms with Crippen LogP contribution in [0, 0.1) is 6.92 Å². The van der Waals surface area contributed by atoms with Crippen LogP contribution in [0.15, 0.2) is 14.7 Å². The molecule has 2 aromatic rings. The van der Waals surface area contributed by atoms with Crippen LogP contribution in [-0.4, -0.2) is 40.8 Å². The number of nitrogens with zero attached hydrogens (tertiary/aromatic N) is 3. The summed E-state index contributed by atoms with van der Waals surface area (Å²) in [5.74, 6) is 0. The minimum absolute atomic E-state index is 0.277. The molecule has 0 saturated carbocycles. The van der Waals surface area contributed by atoms with Gasteiger partial charge in [-0.15, -0.1) is 11.3 Å². The predicted octanol–water partition coefficient (Wildman–Crippen LogP) is 2.06. The fourth-order valence-corrected chi connectivity index (χ4v) is 3.83. The Kier molecular flexibility index (Phi) is 6.78. The minimum Gasteiger partial charge on any atom is -0.443 e. The van der Waals surface area contributed by atoms with E-state index >= 15 is 0 Å². The molecule has 28 heavy (non-hydrogen) atoms. The highest BCUT2D eigenvalue weighted by molar-refractivity contribution is 7.20. The summed E-state index contributed by atoms with van der Waals surface area (Å²) in [6.07, 6.45) is 0.776. The number of thiophene rings is 1. The van der Waals surface area contributed by atoms with E-state index in [1.807, 2.05) is 0 Å². The molecular formula is C18H26N4O5S. The van der Waals surface area contributed by atoms with Gasteiger partial charge in [-0.3, -0.25) is 13.9 Å². The number of nitrogens with one attached hydrogen (secondary N) is 1. The smallest absolute Gasteiger partial charge is 0.428 e. The molecule has 0 atom stereocenters. The summed E-state index contributed by atoms with van der Waals surface area (Å²) >= 11 is 1.27. The second-order valence-corrected chi connectivity index (χ2v) is 8.15. The number of carbonyl (C=O) groups excluding carboxylic acids is 1.